The zero-order valence-electron chi connectivity index (χ0n) is 11.8. The number of hydrogen-bond donors (Lipinski definition) is 1. The summed E-state index contributed by atoms with van der Waals surface area (Å²) in [5.41, 5.74) is 0. The van der Waals surface area contributed by atoms with Crippen LogP contribution >= 0.6 is 0 Å². The maximum Gasteiger partial charge on any atom is 0.0576 e. The second kappa shape index (κ2) is 7.81. The van der Waals surface area contributed by atoms with Crippen LogP contribution in [0.4, 0.5) is 0 Å². The Labute approximate surface area is 119 Å². The normalized spacial score (nSPS) is 26.4. The van der Waals surface area contributed by atoms with E-state index >= 15 is 0 Å². The summed E-state index contributed by atoms with van der Waals surface area (Å²) in [6.45, 7) is 3.11. The first kappa shape index (κ1) is 14.7. The van der Waals surface area contributed by atoms with E-state index in [9.17, 15) is 4.21 Å². The first-order valence-electron chi connectivity index (χ1n) is 7.52. The maximum atomic E-state index is 12.8. The van der Waals surface area contributed by atoms with Crippen LogP contribution in [0, 0.1) is 0 Å². The summed E-state index contributed by atoms with van der Waals surface area (Å²) >= 11 is 0. The SMILES string of the molecule is CCNC1CCCCCCC1S(=O)c1ccccc1. The average molecular weight is 279 g/mol. The highest BCUT2D eigenvalue weighted by atomic mass is 32.2. The first-order chi connectivity index (χ1) is 9.33. The van der Waals surface area contributed by atoms with Crippen LogP contribution in [-0.2, 0) is 10.8 Å². The molecule has 0 saturated heterocycles. The van der Waals surface area contributed by atoms with Crippen LogP contribution < -0.4 is 5.32 Å². The Balaban J connectivity index is 2.14. The van der Waals surface area contributed by atoms with E-state index in [1.165, 1.54) is 25.7 Å². The van der Waals surface area contributed by atoms with Crippen LogP contribution in [0.3, 0.4) is 0 Å². The second-order valence-electron chi connectivity index (χ2n) is 5.30. The summed E-state index contributed by atoms with van der Waals surface area (Å²) in [5, 5.41) is 3.83. The Morgan fingerprint density at radius 2 is 1.79 bits per heavy atom. The molecule has 0 amide bonds. The van der Waals surface area contributed by atoms with Crippen molar-refractivity contribution in [2.45, 2.75) is 61.6 Å². The van der Waals surface area contributed by atoms with Crippen molar-refractivity contribution >= 4 is 10.8 Å². The summed E-state index contributed by atoms with van der Waals surface area (Å²) < 4.78 is 12.8. The van der Waals surface area contributed by atoms with E-state index in [1.807, 2.05) is 30.3 Å². The molecule has 3 atom stereocenters. The van der Waals surface area contributed by atoms with Gasteiger partial charge in [0.15, 0.2) is 0 Å². The van der Waals surface area contributed by atoms with E-state index in [1.54, 1.807) is 0 Å². The highest BCUT2D eigenvalue weighted by molar-refractivity contribution is 7.85. The van der Waals surface area contributed by atoms with Gasteiger partial charge in [0.25, 0.3) is 0 Å². The van der Waals surface area contributed by atoms with Gasteiger partial charge >= 0.3 is 0 Å². The molecule has 1 N–H and O–H groups in total. The quantitative estimate of drug-likeness (QED) is 0.914. The standard InChI is InChI=1S/C16H25NOS/c1-2-17-15-12-8-3-4-9-13-16(15)19(18)14-10-6-5-7-11-14/h5-7,10-11,15-17H,2-4,8-9,12-13H2,1H3. The van der Waals surface area contributed by atoms with E-state index in [4.69, 9.17) is 0 Å². The number of benzene rings is 1. The van der Waals surface area contributed by atoms with E-state index in [0.29, 0.717) is 6.04 Å². The van der Waals surface area contributed by atoms with Crippen molar-refractivity contribution < 1.29 is 4.21 Å². The highest BCUT2D eigenvalue weighted by Crippen LogP contribution is 2.25. The topological polar surface area (TPSA) is 29.1 Å². The lowest BCUT2D eigenvalue weighted by atomic mass is 9.96. The minimum atomic E-state index is -0.883. The summed E-state index contributed by atoms with van der Waals surface area (Å²) in [5.74, 6) is 0. The van der Waals surface area contributed by atoms with Crippen LogP contribution in [0.15, 0.2) is 35.2 Å². The van der Waals surface area contributed by atoms with Gasteiger partial charge in [-0.1, -0.05) is 50.8 Å². The molecule has 106 valence electrons. The fraction of sp³-hybridized carbons (Fsp3) is 0.625. The van der Waals surface area contributed by atoms with E-state index in [0.717, 1.165) is 24.3 Å². The summed E-state index contributed by atoms with van der Waals surface area (Å²) in [6.07, 6.45) is 7.34. The lowest BCUT2D eigenvalue weighted by molar-refractivity contribution is 0.400. The van der Waals surface area contributed by atoms with Crippen molar-refractivity contribution in [1.82, 2.24) is 5.32 Å². The van der Waals surface area contributed by atoms with Crippen molar-refractivity contribution in [3.63, 3.8) is 0 Å². The molecule has 1 aliphatic rings. The molecule has 1 aromatic carbocycles. The molecule has 19 heavy (non-hydrogen) atoms. The Kier molecular flexibility index (Phi) is 6.05. The van der Waals surface area contributed by atoms with E-state index < -0.39 is 10.8 Å². The van der Waals surface area contributed by atoms with Gasteiger partial charge in [-0.25, -0.2) is 0 Å². The lowest BCUT2D eigenvalue weighted by Gasteiger charge is -2.29. The molecule has 1 aromatic rings. The molecule has 1 aliphatic carbocycles. The number of nitrogens with one attached hydrogen (secondary N) is 1. The van der Waals surface area contributed by atoms with Crippen molar-refractivity contribution in [2.24, 2.45) is 0 Å². The fourth-order valence-corrected chi connectivity index (χ4v) is 4.62. The minimum Gasteiger partial charge on any atom is -0.313 e. The predicted octanol–water partition coefficient (Wildman–Crippen LogP) is 3.50. The molecule has 2 rings (SSSR count). The molecule has 0 aromatic heterocycles. The molecule has 0 spiro atoms. The zero-order valence-corrected chi connectivity index (χ0v) is 12.6. The maximum absolute atomic E-state index is 12.8. The van der Waals surface area contributed by atoms with Gasteiger partial charge in [0.1, 0.15) is 0 Å². The van der Waals surface area contributed by atoms with Crippen molar-refractivity contribution in [3.05, 3.63) is 30.3 Å². The van der Waals surface area contributed by atoms with Gasteiger partial charge in [-0.15, -0.1) is 0 Å². The second-order valence-corrected chi connectivity index (χ2v) is 6.98. The lowest BCUT2D eigenvalue weighted by Crippen LogP contribution is -2.42. The molecule has 0 aliphatic heterocycles. The monoisotopic (exact) mass is 279 g/mol. The van der Waals surface area contributed by atoms with Gasteiger partial charge in [0, 0.05) is 10.9 Å². The summed E-state index contributed by atoms with van der Waals surface area (Å²) in [7, 11) is -0.883. The molecule has 1 saturated carbocycles. The fourth-order valence-electron chi connectivity index (χ4n) is 2.93. The van der Waals surface area contributed by atoms with Gasteiger partial charge < -0.3 is 5.32 Å². The van der Waals surface area contributed by atoms with Crippen LogP contribution in [0.1, 0.15) is 45.4 Å². The highest BCUT2D eigenvalue weighted by Gasteiger charge is 2.27. The van der Waals surface area contributed by atoms with Crippen LogP contribution in [-0.4, -0.2) is 22.0 Å². The third kappa shape index (κ3) is 4.15. The van der Waals surface area contributed by atoms with E-state index in [-0.39, 0.29) is 5.25 Å². The average Bonchev–Trinajstić information content (AvgIpc) is 2.43. The van der Waals surface area contributed by atoms with Crippen molar-refractivity contribution in [1.29, 1.82) is 0 Å². The molecule has 0 radical (unpaired) electrons. The van der Waals surface area contributed by atoms with Gasteiger partial charge in [0.05, 0.1) is 16.0 Å². The zero-order chi connectivity index (χ0) is 13.5. The van der Waals surface area contributed by atoms with Gasteiger partial charge in [-0.05, 0) is 31.5 Å². The summed E-state index contributed by atoms with van der Waals surface area (Å²) in [4.78, 5) is 0.982. The summed E-state index contributed by atoms with van der Waals surface area (Å²) in [6, 6.07) is 10.4. The Morgan fingerprint density at radius 1 is 1.11 bits per heavy atom. The Morgan fingerprint density at radius 3 is 2.47 bits per heavy atom. The van der Waals surface area contributed by atoms with Crippen LogP contribution in [0.5, 0.6) is 0 Å². The molecular weight excluding hydrogens is 254 g/mol. The molecule has 1 fully saturated rings. The predicted molar refractivity (Wildman–Crippen MR) is 81.8 cm³/mol. The molecule has 3 unspecified atom stereocenters. The van der Waals surface area contributed by atoms with E-state index in [2.05, 4.69) is 12.2 Å². The van der Waals surface area contributed by atoms with Crippen LogP contribution in [0.25, 0.3) is 0 Å². The Hall–Kier alpha value is -0.670. The molecule has 2 nitrogen and oxygen atoms in total. The van der Waals surface area contributed by atoms with Crippen molar-refractivity contribution in [2.75, 3.05) is 6.54 Å². The largest absolute Gasteiger partial charge is 0.313 e. The third-order valence-corrected chi connectivity index (χ3v) is 5.77. The smallest absolute Gasteiger partial charge is 0.0576 e. The third-order valence-electron chi connectivity index (χ3n) is 3.92. The van der Waals surface area contributed by atoms with Crippen molar-refractivity contribution in [3.8, 4) is 0 Å². The van der Waals surface area contributed by atoms with Crippen LogP contribution in [0.2, 0.25) is 0 Å². The molecule has 3 heteroatoms. The number of rotatable bonds is 4. The molecular formula is C16H25NOS. The van der Waals surface area contributed by atoms with Gasteiger partial charge in [-0.2, -0.15) is 0 Å². The number of hydrogen-bond acceptors (Lipinski definition) is 2. The first-order valence-corrected chi connectivity index (χ1v) is 8.73. The van der Waals surface area contributed by atoms with Gasteiger partial charge in [0.2, 0.25) is 0 Å². The van der Waals surface area contributed by atoms with Gasteiger partial charge in [-0.3, -0.25) is 4.21 Å². The Bertz CT molecular complexity index is 393. The minimum absolute atomic E-state index is 0.266. The molecule has 0 heterocycles. The molecule has 0 bridgehead atoms.